The van der Waals surface area contributed by atoms with E-state index < -0.39 is 24.1 Å². The van der Waals surface area contributed by atoms with Crippen LogP contribution in [0.1, 0.15) is 42.9 Å². The van der Waals surface area contributed by atoms with Gasteiger partial charge in [-0.05, 0) is 30.3 Å². The number of ether oxygens (including phenoxy) is 3. The molecule has 0 saturated heterocycles. The molecule has 140 valence electrons. The summed E-state index contributed by atoms with van der Waals surface area (Å²) < 4.78 is 15.7. The quantitative estimate of drug-likeness (QED) is 0.653. The van der Waals surface area contributed by atoms with E-state index in [0.717, 1.165) is 6.07 Å². The fourth-order valence-electron chi connectivity index (χ4n) is 2.82. The second kappa shape index (κ2) is 6.87. The number of nitrogens with one attached hydrogen (secondary N) is 1. The molecular weight excluding hydrogens is 358 g/mol. The van der Waals surface area contributed by atoms with Gasteiger partial charge >= 0.3 is 17.9 Å². The number of hydrogen-bond donors (Lipinski definition) is 3. The van der Waals surface area contributed by atoms with Crippen molar-refractivity contribution >= 4 is 23.6 Å². The van der Waals surface area contributed by atoms with Crippen LogP contribution >= 0.6 is 0 Å². The highest BCUT2D eigenvalue weighted by Gasteiger charge is 2.36. The molecule has 1 aliphatic heterocycles. The molecule has 2 aromatic rings. The van der Waals surface area contributed by atoms with Crippen molar-refractivity contribution in [3.63, 3.8) is 0 Å². The van der Waals surface area contributed by atoms with E-state index in [9.17, 15) is 14.4 Å². The molecule has 0 aliphatic carbocycles. The van der Waals surface area contributed by atoms with Crippen LogP contribution in [0.2, 0.25) is 0 Å². The molecule has 0 saturated carbocycles. The molecule has 1 aliphatic rings. The summed E-state index contributed by atoms with van der Waals surface area (Å²) in [5.74, 6) is -2.64. The van der Waals surface area contributed by atoms with Gasteiger partial charge in [-0.1, -0.05) is 0 Å². The van der Waals surface area contributed by atoms with E-state index in [2.05, 4.69) is 5.32 Å². The third-order valence-electron chi connectivity index (χ3n) is 4.01. The maximum Gasteiger partial charge on any atom is 0.344 e. The molecule has 0 fully saturated rings. The number of carbonyl (C=O) groups is 3. The minimum atomic E-state index is -1.28. The Morgan fingerprint density at radius 2 is 1.67 bits per heavy atom. The first-order chi connectivity index (χ1) is 12.8. The number of carboxylic acid groups (broad SMARTS) is 2. The van der Waals surface area contributed by atoms with Gasteiger partial charge in [0, 0.05) is 11.3 Å². The van der Waals surface area contributed by atoms with Gasteiger partial charge in [0.25, 0.3) is 0 Å². The molecule has 0 radical (unpaired) electrons. The van der Waals surface area contributed by atoms with Crippen molar-refractivity contribution in [2.45, 2.75) is 6.23 Å². The summed E-state index contributed by atoms with van der Waals surface area (Å²) >= 11 is 0. The Morgan fingerprint density at radius 1 is 1.04 bits per heavy atom. The highest BCUT2D eigenvalue weighted by atomic mass is 16.6. The fraction of sp³-hybridized carbons (Fsp3) is 0.167. The zero-order valence-corrected chi connectivity index (χ0v) is 14.3. The maximum atomic E-state index is 12.3. The van der Waals surface area contributed by atoms with Crippen molar-refractivity contribution in [3.8, 4) is 11.5 Å². The van der Waals surface area contributed by atoms with Crippen LogP contribution in [0.15, 0.2) is 30.3 Å². The third-order valence-corrected chi connectivity index (χ3v) is 4.01. The lowest BCUT2D eigenvalue weighted by atomic mass is 10.1. The lowest BCUT2D eigenvalue weighted by Gasteiger charge is -2.16. The molecule has 2 aromatic carbocycles. The molecule has 1 atom stereocenters. The molecule has 1 heterocycles. The largest absolute Gasteiger partial charge is 0.493 e. The lowest BCUT2D eigenvalue weighted by Crippen LogP contribution is -2.12. The minimum absolute atomic E-state index is 0.174. The summed E-state index contributed by atoms with van der Waals surface area (Å²) in [7, 11) is 2.83. The third kappa shape index (κ3) is 3.22. The van der Waals surface area contributed by atoms with E-state index in [1.807, 2.05) is 0 Å². The standard InChI is InChI=1S/C18H15NO8/c1-25-12-4-3-11-13(14(12)26-2)18(24)27-15(11)19-10-6-8(16(20)21)5-9(7-10)17(22)23/h3-7,15,19H,1-2H3,(H,20,21)(H,22,23). The van der Waals surface area contributed by atoms with Gasteiger partial charge in [-0.2, -0.15) is 0 Å². The summed E-state index contributed by atoms with van der Waals surface area (Å²) in [6.45, 7) is 0. The lowest BCUT2D eigenvalue weighted by molar-refractivity contribution is 0.0433. The highest BCUT2D eigenvalue weighted by Crippen LogP contribution is 2.42. The minimum Gasteiger partial charge on any atom is -0.493 e. The van der Waals surface area contributed by atoms with E-state index in [1.165, 1.54) is 26.4 Å². The normalized spacial score (nSPS) is 14.9. The molecule has 0 bridgehead atoms. The van der Waals surface area contributed by atoms with E-state index in [0.29, 0.717) is 11.3 Å². The zero-order valence-electron chi connectivity index (χ0n) is 14.3. The predicted octanol–water partition coefficient (Wildman–Crippen LogP) is 2.38. The van der Waals surface area contributed by atoms with Crippen molar-refractivity contribution in [1.82, 2.24) is 0 Å². The van der Waals surface area contributed by atoms with Gasteiger partial charge in [0.2, 0.25) is 6.23 Å². The van der Waals surface area contributed by atoms with Crippen LogP contribution in [0, 0.1) is 0 Å². The molecule has 0 aromatic heterocycles. The number of methoxy groups -OCH3 is 2. The van der Waals surface area contributed by atoms with E-state index in [-0.39, 0.29) is 28.1 Å². The van der Waals surface area contributed by atoms with Crippen molar-refractivity contribution in [1.29, 1.82) is 0 Å². The Morgan fingerprint density at radius 3 is 2.19 bits per heavy atom. The van der Waals surface area contributed by atoms with Gasteiger partial charge < -0.3 is 29.7 Å². The molecule has 27 heavy (non-hydrogen) atoms. The smallest absolute Gasteiger partial charge is 0.344 e. The van der Waals surface area contributed by atoms with Gasteiger partial charge in [-0.3, -0.25) is 0 Å². The first-order valence-corrected chi connectivity index (χ1v) is 7.69. The molecule has 3 rings (SSSR count). The Balaban J connectivity index is 2.01. The van der Waals surface area contributed by atoms with Gasteiger partial charge in [0.1, 0.15) is 5.56 Å². The Labute approximate surface area is 153 Å². The second-order valence-electron chi connectivity index (χ2n) is 5.60. The van der Waals surface area contributed by atoms with Crippen LogP contribution in [0.3, 0.4) is 0 Å². The monoisotopic (exact) mass is 373 g/mol. The zero-order chi connectivity index (χ0) is 19.7. The Kier molecular flexibility index (Phi) is 4.59. The van der Waals surface area contributed by atoms with Crippen molar-refractivity contribution in [2.75, 3.05) is 19.5 Å². The van der Waals surface area contributed by atoms with Gasteiger partial charge in [0.15, 0.2) is 11.5 Å². The summed E-state index contributed by atoms with van der Waals surface area (Å²) in [6, 6.07) is 6.75. The first kappa shape index (κ1) is 18.1. The average molecular weight is 373 g/mol. The van der Waals surface area contributed by atoms with Gasteiger partial charge in [-0.25, -0.2) is 14.4 Å². The van der Waals surface area contributed by atoms with Crippen molar-refractivity contribution in [2.24, 2.45) is 0 Å². The number of fused-ring (bicyclic) bond motifs is 1. The number of rotatable bonds is 6. The summed E-state index contributed by atoms with van der Waals surface area (Å²) in [5, 5.41) is 21.2. The number of esters is 1. The highest BCUT2D eigenvalue weighted by molar-refractivity contribution is 5.99. The second-order valence-corrected chi connectivity index (χ2v) is 5.60. The summed E-state index contributed by atoms with van der Waals surface area (Å²) in [6.07, 6.45) is -0.946. The van der Waals surface area contributed by atoms with E-state index in [4.69, 9.17) is 24.4 Å². The Bertz CT molecular complexity index is 920. The summed E-state index contributed by atoms with van der Waals surface area (Å²) in [5.41, 5.74) is 0.383. The van der Waals surface area contributed by atoms with Crippen molar-refractivity contribution in [3.05, 3.63) is 52.6 Å². The van der Waals surface area contributed by atoms with Gasteiger partial charge in [-0.15, -0.1) is 0 Å². The van der Waals surface area contributed by atoms with Crippen LogP contribution in [0.25, 0.3) is 0 Å². The predicted molar refractivity (Wildman–Crippen MR) is 91.7 cm³/mol. The van der Waals surface area contributed by atoms with Gasteiger partial charge in [0.05, 0.1) is 25.3 Å². The molecule has 3 N–H and O–H groups in total. The molecular formula is C18H15NO8. The van der Waals surface area contributed by atoms with E-state index >= 15 is 0 Å². The van der Waals surface area contributed by atoms with Crippen LogP contribution < -0.4 is 14.8 Å². The number of benzene rings is 2. The van der Waals surface area contributed by atoms with Crippen molar-refractivity contribution < 1.29 is 38.8 Å². The number of carbonyl (C=O) groups excluding carboxylic acids is 1. The summed E-state index contributed by atoms with van der Waals surface area (Å²) in [4.78, 5) is 34.7. The number of hydrogen-bond acceptors (Lipinski definition) is 7. The number of aromatic carboxylic acids is 2. The molecule has 9 heteroatoms. The SMILES string of the molecule is COc1ccc2c(c1OC)C(=O)OC2Nc1cc(C(=O)O)cc(C(=O)O)c1. The first-order valence-electron chi connectivity index (χ1n) is 7.69. The van der Waals surface area contributed by atoms with E-state index in [1.54, 1.807) is 12.1 Å². The number of cyclic esters (lactones) is 1. The number of anilines is 1. The van der Waals surface area contributed by atoms with Crippen LogP contribution in [-0.2, 0) is 4.74 Å². The fourth-order valence-corrected chi connectivity index (χ4v) is 2.82. The topological polar surface area (TPSA) is 131 Å². The van der Waals surface area contributed by atoms with Crippen LogP contribution in [0.5, 0.6) is 11.5 Å². The molecule has 1 unspecified atom stereocenters. The van der Waals surface area contributed by atoms with Crippen LogP contribution in [0.4, 0.5) is 5.69 Å². The molecule has 0 spiro atoms. The Hall–Kier alpha value is -3.75. The molecule has 0 amide bonds. The maximum absolute atomic E-state index is 12.3. The average Bonchev–Trinajstić information content (AvgIpc) is 2.96. The molecule has 9 nitrogen and oxygen atoms in total. The van der Waals surface area contributed by atoms with Crippen LogP contribution in [-0.4, -0.2) is 42.3 Å². The number of carboxylic acids is 2.